The first-order valence-corrected chi connectivity index (χ1v) is 5.10. The molecule has 1 rings (SSSR count). The van der Waals surface area contributed by atoms with Gasteiger partial charge in [-0.1, -0.05) is 20.8 Å². The van der Waals surface area contributed by atoms with Crippen molar-refractivity contribution in [2.75, 3.05) is 6.54 Å². The Balaban J connectivity index is 0.00000196. The Kier molecular flexibility index (Phi) is 5.83. The first kappa shape index (κ1) is 14.4. The topological polar surface area (TPSA) is 42.7 Å². The summed E-state index contributed by atoms with van der Waals surface area (Å²) in [5.41, 5.74) is 0.317. The Labute approximate surface area is 97.9 Å². The molecule has 1 N–H and O–H groups in total. The van der Waals surface area contributed by atoms with Crippen molar-refractivity contribution < 1.29 is 0 Å². The van der Waals surface area contributed by atoms with E-state index in [0.717, 1.165) is 25.5 Å². The molecule has 1 aromatic rings. The largest absolute Gasteiger partial charge is 0.317 e. The number of aryl methyl sites for hydroxylation is 1. The van der Waals surface area contributed by atoms with Crippen LogP contribution in [0.15, 0.2) is 6.33 Å². The van der Waals surface area contributed by atoms with E-state index in [4.69, 9.17) is 0 Å². The van der Waals surface area contributed by atoms with Gasteiger partial charge in [0.2, 0.25) is 0 Å². The molecule has 0 bridgehead atoms. The molecule has 0 unspecified atom stereocenters. The van der Waals surface area contributed by atoms with Gasteiger partial charge in [-0.05, 0) is 12.3 Å². The van der Waals surface area contributed by atoms with Crippen LogP contribution < -0.4 is 5.32 Å². The molecule has 5 heteroatoms. The lowest BCUT2D eigenvalue weighted by molar-refractivity contribution is 0.375. The smallest absolute Gasteiger partial charge is 0.146 e. The molecule has 0 atom stereocenters. The van der Waals surface area contributed by atoms with Crippen molar-refractivity contribution in [2.45, 2.75) is 40.8 Å². The van der Waals surface area contributed by atoms with E-state index in [9.17, 15) is 0 Å². The fourth-order valence-electron chi connectivity index (χ4n) is 1.23. The highest BCUT2D eigenvalue weighted by molar-refractivity contribution is 5.85. The predicted molar refractivity (Wildman–Crippen MR) is 64.1 cm³/mol. The van der Waals surface area contributed by atoms with Crippen LogP contribution in [0.3, 0.4) is 0 Å². The van der Waals surface area contributed by atoms with Crippen LogP contribution in [-0.2, 0) is 13.1 Å². The maximum atomic E-state index is 4.06. The van der Waals surface area contributed by atoms with Crippen molar-refractivity contribution in [1.82, 2.24) is 20.1 Å². The van der Waals surface area contributed by atoms with Crippen LogP contribution in [0.25, 0.3) is 0 Å². The van der Waals surface area contributed by atoms with Gasteiger partial charge in [0.15, 0.2) is 0 Å². The maximum absolute atomic E-state index is 4.06. The van der Waals surface area contributed by atoms with E-state index in [1.807, 2.05) is 0 Å². The van der Waals surface area contributed by atoms with Crippen molar-refractivity contribution in [3.05, 3.63) is 12.2 Å². The van der Waals surface area contributed by atoms with Gasteiger partial charge >= 0.3 is 0 Å². The summed E-state index contributed by atoms with van der Waals surface area (Å²) in [4.78, 5) is 0. The average Bonchev–Trinajstić information content (AvgIpc) is 2.49. The summed E-state index contributed by atoms with van der Waals surface area (Å²) in [5, 5.41) is 11.3. The Morgan fingerprint density at radius 2 is 2.07 bits per heavy atom. The van der Waals surface area contributed by atoms with Gasteiger partial charge in [-0.2, -0.15) is 0 Å². The summed E-state index contributed by atoms with van der Waals surface area (Å²) in [6.07, 6.45) is 1.77. The molecule has 0 saturated carbocycles. The molecule has 0 aliphatic carbocycles. The molecule has 0 fully saturated rings. The highest BCUT2D eigenvalue weighted by Gasteiger charge is 2.10. The molecule has 1 heterocycles. The van der Waals surface area contributed by atoms with Gasteiger partial charge in [-0.3, -0.25) is 0 Å². The zero-order chi connectivity index (χ0) is 10.6. The number of halogens is 1. The van der Waals surface area contributed by atoms with E-state index in [1.54, 1.807) is 6.33 Å². The molecular weight excluding hydrogens is 212 g/mol. The zero-order valence-corrected chi connectivity index (χ0v) is 10.8. The molecule has 1 aromatic heterocycles. The molecular formula is C10H21ClN4. The van der Waals surface area contributed by atoms with Crippen LogP contribution >= 0.6 is 12.4 Å². The highest BCUT2D eigenvalue weighted by atomic mass is 35.5. The van der Waals surface area contributed by atoms with Gasteiger partial charge in [0.25, 0.3) is 0 Å². The minimum absolute atomic E-state index is 0. The molecule has 0 aromatic carbocycles. The fourth-order valence-corrected chi connectivity index (χ4v) is 1.23. The second kappa shape index (κ2) is 6.08. The Hall–Kier alpha value is -0.610. The molecule has 0 radical (unpaired) electrons. The fraction of sp³-hybridized carbons (Fsp3) is 0.800. The van der Waals surface area contributed by atoms with Crippen molar-refractivity contribution >= 4 is 12.4 Å². The summed E-state index contributed by atoms with van der Waals surface area (Å²) in [5.74, 6) is 1.01. The summed E-state index contributed by atoms with van der Waals surface area (Å²) in [6.45, 7) is 11.4. The number of nitrogens with zero attached hydrogens (tertiary/aromatic N) is 3. The number of hydrogen-bond donors (Lipinski definition) is 1. The van der Waals surface area contributed by atoms with Crippen molar-refractivity contribution in [2.24, 2.45) is 5.41 Å². The lowest BCUT2D eigenvalue weighted by Crippen LogP contribution is -2.27. The zero-order valence-electron chi connectivity index (χ0n) is 9.95. The monoisotopic (exact) mass is 232 g/mol. The Morgan fingerprint density at radius 3 is 2.60 bits per heavy atom. The first-order chi connectivity index (χ1) is 6.53. The number of hydrogen-bond acceptors (Lipinski definition) is 3. The van der Waals surface area contributed by atoms with E-state index >= 15 is 0 Å². The maximum Gasteiger partial charge on any atom is 0.146 e. The van der Waals surface area contributed by atoms with Crippen LogP contribution in [0.1, 0.15) is 33.5 Å². The van der Waals surface area contributed by atoms with Crippen LogP contribution in [0.2, 0.25) is 0 Å². The number of nitrogens with one attached hydrogen (secondary N) is 1. The molecule has 0 spiro atoms. The standard InChI is InChI=1S/C10H20N4.ClH/c1-5-14-8-12-13-9(14)6-11-7-10(2,3)4;/h8,11H,5-7H2,1-4H3;1H. The molecule has 0 aliphatic rings. The van der Waals surface area contributed by atoms with Crippen LogP contribution in [0.5, 0.6) is 0 Å². The summed E-state index contributed by atoms with van der Waals surface area (Å²) < 4.78 is 2.05. The molecule has 88 valence electrons. The minimum atomic E-state index is 0. The van der Waals surface area contributed by atoms with Crippen LogP contribution in [0.4, 0.5) is 0 Å². The highest BCUT2D eigenvalue weighted by Crippen LogP contribution is 2.10. The number of aromatic nitrogens is 3. The lowest BCUT2D eigenvalue weighted by Gasteiger charge is -2.18. The minimum Gasteiger partial charge on any atom is -0.317 e. The van der Waals surface area contributed by atoms with Crippen molar-refractivity contribution in [1.29, 1.82) is 0 Å². The lowest BCUT2D eigenvalue weighted by atomic mass is 9.97. The Bertz CT molecular complexity index is 277. The molecule has 0 aliphatic heterocycles. The van der Waals surface area contributed by atoms with Gasteiger partial charge in [0.1, 0.15) is 12.2 Å². The SMILES string of the molecule is CCn1cnnc1CNCC(C)(C)C.Cl. The van der Waals surface area contributed by atoms with E-state index in [2.05, 4.69) is 47.8 Å². The van der Waals surface area contributed by atoms with E-state index < -0.39 is 0 Å². The average molecular weight is 233 g/mol. The van der Waals surface area contributed by atoms with Gasteiger partial charge in [-0.25, -0.2) is 0 Å². The second-order valence-electron chi connectivity index (χ2n) is 4.70. The third-order valence-corrected chi connectivity index (χ3v) is 1.97. The van der Waals surface area contributed by atoms with E-state index in [1.165, 1.54) is 0 Å². The quantitative estimate of drug-likeness (QED) is 0.862. The number of rotatable bonds is 4. The van der Waals surface area contributed by atoms with Crippen molar-refractivity contribution in [3.63, 3.8) is 0 Å². The predicted octanol–water partition coefficient (Wildman–Crippen LogP) is 1.86. The summed E-state index contributed by atoms with van der Waals surface area (Å²) >= 11 is 0. The van der Waals surface area contributed by atoms with Gasteiger partial charge in [0.05, 0.1) is 6.54 Å². The molecule has 0 saturated heterocycles. The van der Waals surface area contributed by atoms with Gasteiger partial charge < -0.3 is 9.88 Å². The van der Waals surface area contributed by atoms with Crippen LogP contribution in [0, 0.1) is 5.41 Å². The summed E-state index contributed by atoms with van der Waals surface area (Å²) in [6, 6.07) is 0. The molecule has 0 amide bonds. The van der Waals surface area contributed by atoms with E-state index in [0.29, 0.717) is 5.41 Å². The van der Waals surface area contributed by atoms with Crippen molar-refractivity contribution in [3.8, 4) is 0 Å². The van der Waals surface area contributed by atoms with E-state index in [-0.39, 0.29) is 12.4 Å². The first-order valence-electron chi connectivity index (χ1n) is 5.10. The second-order valence-corrected chi connectivity index (χ2v) is 4.70. The third kappa shape index (κ3) is 5.14. The van der Waals surface area contributed by atoms with Gasteiger partial charge in [-0.15, -0.1) is 22.6 Å². The van der Waals surface area contributed by atoms with Crippen LogP contribution in [-0.4, -0.2) is 21.3 Å². The summed E-state index contributed by atoms with van der Waals surface area (Å²) in [7, 11) is 0. The molecule has 4 nitrogen and oxygen atoms in total. The van der Waals surface area contributed by atoms with Gasteiger partial charge in [0, 0.05) is 13.1 Å². The normalized spacial score (nSPS) is 11.2. The molecule has 15 heavy (non-hydrogen) atoms. The Morgan fingerprint density at radius 1 is 1.40 bits per heavy atom. The third-order valence-electron chi connectivity index (χ3n) is 1.97.